The van der Waals surface area contributed by atoms with Gasteiger partial charge >= 0.3 is 0 Å². The van der Waals surface area contributed by atoms with Crippen LogP contribution in [0.5, 0.6) is 0 Å². The molecule has 1 heterocycles. The van der Waals surface area contributed by atoms with Crippen LogP contribution in [0.3, 0.4) is 0 Å². The van der Waals surface area contributed by atoms with Crippen LogP contribution in [-0.4, -0.2) is 18.0 Å². The van der Waals surface area contributed by atoms with E-state index in [4.69, 9.17) is 4.74 Å². The molecular formula is C10H16O2. The summed E-state index contributed by atoms with van der Waals surface area (Å²) in [6.45, 7) is 2.87. The molecule has 0 aromatic rings. The third kappa shape index (κ3) is 1.18. The molecule has 1 aliphatic heterocycles. The summed E-state index contributed by atoms with van der Waals surface area (Å²) >= 11 is 0. The Morgan fingerprint density at radius 2 is 2.42 bits per heavy atom. The van der Waals surface area contributed by atoms with E-state index in [1.807, 2.05) is 0 Å². The summed E-state index contributed by atoms with van der Waals surface area (Å²) in [6.07, 6.45) is 4.87. The van der Waals surface area contributed by atoms with E-state index in [0.717, 1.165) is 6.42 Å². The SMILES string of the molecule is CC1CCCC12CC(=O)CCO2. The van der Waals surface area contributed by atoms with Crippen molar-refractivity contribution < 1.29 is 9.53 Å². The van der Waals surface area contributed by atoms with E-state index < -0.39 is 0 Å². The molecular weight excluding hydrogens is 152 g/mol. The highest BCUT2D eigenvalue weighted by Gasteiger charge is 2.44. The van der Waals surface area contributed by atoms with Gasteiger partial charge in [0.05, 0.1) is 12.2 Å². The van der Waals surface area contributed by atoms with Crippen LogP contribution in [0.1, 0.15) is 39.0 Å². The van der Waals surface area contributed by atoms with Crippen molar-refractivity contribution in [3.05, 3.63) is 0 Å². The van der Waals surface area contributed by atoms with E-state index in [2.05, 4.69) is 6.92 Å². The molecule has 2 unspecified atom stereocenters. The summed E-state index contributed by atoms with van der Waals surface area (Å²) in [7, 11) is 0. The predicted molar refractivity (Wildman–Crippen MR) is 45.9 cm³/mol. The Morgan fingerprint density at radius 1 is 1.58 bits per heavy atom. The smallest absolute Gasteiger partial charge is 0.138 e. The predicted octanol–water partition coefficient (Wildman–Crippen LogP) is 1.92. The number of ketones is 1. The average Bonchev–Trinajstić information content (AvgIpc) is 2.33. The summed E-state index contributed by atoms with van der Waals surface area (Å²) in [5.74, 6) is 0.983. The van der Waals surface area contributed by atoms with E-state index in [1.54, 1.807) is 0 Å². The van der Waals surface area contributed by atoms with Crippen molar-refractivity contribution in [1.82, 2.24) is 0 Å². The fraction of sp³-hybridized carbons (Fsp3) is 0.900. The molecule has 2 rings (SSSR count). The van der Waals surface area contributed by atoms with Crippen molar-refractivity contribution >= 4 is 5.78 Å². The van der Waals surface area contributed by atoms with Gasteiger partial charge in [0.25, 0.3) is 0 Å². The molecule has 1 spiro atoms. The molecule has 1 saturated heterocycles. The van der Waals surface area contributed by atoms with Crippen molar-refractivity contribution in [3.63, 3.8) is 0 Å². The van der Waals surface area contributed by atoms with Crippen molar-refractivity contribution in [3.8, 4) is 0 Å². The van der Waals surface area contributed by atoms with Gasteiger partial charge in [-0.15, -0.1) is 0 Å². The number of carbonyl (C=O) groups excluding carboxylic acids is 1. The number of hydrogen-bond donors (Lipinski definition) is 0. The summed E-state index contributed by atoms with van der Waals surface area (Å²) in [5, 5.41) is 0. The largest absolute Gasteiger partial charge is 0.374 e. The lowest BCUT2D eigenvalue weighted by atomic mass is 9.84. The van der Waals surface area contributed by atoms with Crippen molar-refractivity contribution in [2.75, 3.05) is 6.61 Å². The quantitative estimate of drug-likeness (QED) is 0.552. The zero-order valence-electron chi connectivity index (χ0n) is 7.64. The molecule has 0 radical (unpaired) electrons. The van der Waals surface area contributed by atoms with Gasteiger partial charge in [-0.25, -0.2) is 0 Å². The molecule has 68 valence electrons. The lowest BCUT2D eigenvalue weighted by Crippen LogP contribution is -2.42. The Hall–Kier alpha value is -0.370. The molecule has 2 atom stereocenters. The molecule has 12 heavy (non-hydrogen) atoms. The van der Waals surface area contributed by atoms with Crippen molar-refractivity contribution in [2.24, 2.45) is 5.92 Å². The molecule has 2 heteroatoms. The molecule has 0 aromatic heterocycles. The van der Waals surface area contributed by atoms with E-state index >= 15 is 0 Å². The maximum atomic E-state index is 11.3. The molecule has 2 fully saturated rings. The van der Waals surface area contributed by atoms with Crippen LogP contribution in [0.2, 0.25) is 0 Å². The fourth-order valence-electron chi connectivity index (χ4n) is 2.54. The van der Waals surface area contributed by atoms with Crippen LogP contribution in [-0.2, 0) is 9.53 Å². The first kappa shape index (κ1) is 8.24. The van der Waals surface area contributed by atoms with Gasteiger partial charge in [-0.3, -0.25) is 4.79 Å². The van der Waals surface area contributed by atoms with E-state index in [1.165, 1.54) is 12.8 Å². The molecule has 0 amide bonds. The van der Waals surface area contributed by atoms with Crippen LogP contribution in [0.4, 0.5) is 0 Å². The van der Waals surface area contributed by atoms with Crippen molar-refractivity contribution in [2.45, 2.75) is 44.6 Å². The molecule has 2 nitrogen and oxygen atoms in total. The summed E-state index contributed by atoms with van der Waals surface area (Å²) in [4.78, 5) is 11.3. The second-order valence-electron chi connectivity index (χ2n) is 4.17. The zero-order valence-corrected chi connectivity index (χ0v) is 7.64. The monoisotopic (exact) mass is 168 g/mol. The Balaban J connectivity index is 2.13. The van der Waals surface area contributed by atoms with Crippen LogP contribution in [0.25, 0.3) is 0 Å². The van der Waals surface area contributed by atoms with Crippen LogP contribution >= 0.6 is 0 Å². The Kier molecular flexibility index (Phi) is 1.95. The number of ether oxygens (including phenoxy) is 1. The van der Waals surface area contributed by atoms with Gasteiger partial charge in [0.2, 0.25) is 0 Å². The van der Waals surface area contributed by atoms with Gasteiger partial charge < -0.3 is 4.74 Å². The minimum absolute atomic E-state index is 0.0463. The normalized spacial score (nSPS) is 42.4. The second-order valence-corrected chi connectivity index (χ2v) is 4.17. The molecule has 0 bridgehead atoms. The van der Waals surface area contributed by atoms with Gasteiger partial charge in [0.1, 0.15) is 5.78 Å². The average molecular weight is 168 g/mol. The first-order valence-electron chi connectivity index (χ1n) is 4.89. The third-order valence-corrected chi connectivity index (χ3v) is 3.40. The molecule has 1 aliphatic carbocycles. The lowest BCUT2D eigenvalue weighted by molar-refractivity contribution is -0.144. The molecule has 0 aromatic carbocycles. The minimum atomic E-state index is -0.0463. The van der Waals surface area contributed by atoms with Gasteiger partial charge in [-0.1, -0.05) is 13.3 Å². The molecule has 0 N–H and O–H groups in total. The fourth-order valence-corrected chi connectivity index (χ4v) is 2.54. The minimum Gasteiger partial charge on any atom is -0.374 e. The number of hydrogen-bond acceptors (Lipinski definition) is 2. The first-order chi connectivity index (χ1) is 5.73. The standard InChI is InChI=1S/C10H16O2/c1-8-3-2-5-10(8)7-9(11)4-6-12-10/h8H,2-7H2,1H3. The van der Waals surface area contributed by atoms with Gasteiger partial charge in [-0.2, -0.15) is 0 Å². The second kappa shape index (κ2) is 2.84. The van der Waals surface area contributed by atoms with E-state index in [-0.39, 0.29) is 5.60 Å². The maximum absolute atomic E-state index is 11.3. The van der Waals surface area contributed by atoms with Crippen LogP contribution in [0.15, 0.2) is 0 Å². The van der Waals surface area contributed by atoms with Gasteiger partial charge in [0, 0.05) is 12.8 Å². The van der Waals surface area contributed by atoms with E-state index in [0.29, 0.717) is 31.1 Å². The van der Waals surface area contributed by atoms with Gasteiger partial charge in [0.15, 0.2) is 0 Å². The number of rotatable bonds is 0. The maximum Gasteiger partial charge on any atom is 0.138 e. The Bertz CT molecular complexity index is 200. The van der Waals surface area contributed by atoms with Crippen LogP contribution < -0.4 is 0 Å². The van der Waals surface area contributed by atoms with Crippen LogP contribution in [0, 0.1) is 5.92 Å². The topological polar surface area (TPSA) is 26.3 Å². The summed E-state index contributed by atoms with van der Waals surface area (Å²) in [6, 6.07) is 0. The highest BCUT2D eigenvalue weighted by atomic mass is 16.5. The molecule has 1 saturated carbocycles. The first-order valence-corrected chi connectivity index (χ1v) is 4.89. The highest BCUT2D eigenvalue weighted by Crippen LogP contribution is 2.43. The molecule has 2 aliphatic rings. The highest BCUT2D eigenvalue weighted by molar-refractivity contribution is 5.80. The lowest BCUT2D eigenvalue weighted by Gasteiger charge is -2.36. The zero-order chi connectivity index (χ0) is 8.60. The van der Waals surface area contributed by atoms with Gasteiger partial charge in [-0.05, 0) is 18.8 Å². The number of carbonyl (C=O) groups is 1. The number of Topliss-reactive ketones (excluding diaryl/α,β-unsaturated/α-hetero) is 1. The summed E-state index contributed by atoms with van der Waals surface area (Å²) in [5.41, 5.74) is -0.0463. The van der Waals surface area contributed by atoms with E-state index in [9.17, 15) is 4.79 Å². The third-order valence-electron chi connectivity index (χ3n) is 3.40. The Morgan fingerprint density at radius 3 is 3.00 bits per heavy atom. The van der Waals surface area contributed by atoms with Crippen molar-refractivity contribution in [1.29, 1.82) is 0 Å². The summed E-state index contributed by atoms with van der Waals surface area (Å²) < 4.78 is 5.79. The Labute approximate surface area is 73.3 Å².